The maximum absolute atomic E-state index is 12.8. The lowest BCUT2D eigenvalue weighted by Gasteiger charge is -2.17. The smallest absolute Gasteiger partial charge is 0.332 e. The molecule has 0 amide bonds. The Hall–Kier alpha value is -3.38. The van der Waals surface area contributed by atoms with Crippen LogP contribution < -0.4 is 9.47 Å². The summed E-state index contributed by atoms with van der Waals surface area (Å²) < 4.78 is 16.7. The second-order valence-electron chi connectivity index (χ2n) is 7.03. The fourth-order valence-corrected chi connectivity index (χ4v) is 5.39. The van der Waals surface area contributed by atoms with Crippen molar-refractivity contribution >= 4 is 50.0 Å². The van der Waals surface area contributed by atoms with Crippen LogP contribution in [0.15, 0.2) is 35.3 Å². The van der Waals surface area contributed by atoms with Crippen LogP contribution in [-0.2, 0) is 9.53 Å². The number of aliphatic imine (C=N–C) groups is 1. The lowest BCUT2D eigenvalue weighted by molar-refractivity contribution is -0.386. The molecule has 10 nitrogen and oxygen atoms in total. The van der Waals surface area contributed by atoms with Gasteiger partial charge in [-0.15, -0.1) is 23.1 Å². The van der Waals surface area contributed by atoms with Gasteiger partial charge in [0, 0.05) is 5.75 Å². The van der Waals surface area contributed by atoms with Gasteiger partial charge >= 0.3 is 5.97 Å². The molecule has 2 atom stereocenters. The number of aromatic nitrogens is 1. The highest BCUT2D eigenvalue weighted by atomic mass is 32.2. The van der Waals surface area contributed by atoms with Gasteiger partial charge in [-0.2, -0.15) is 0 Å². The Bertz CT molecular complexity index is 1270. The first-order valence-corrected chi connectivity index (χ1v) is 11.5. The number of ether oxygens (including phenoxy) is 3. The van der Waals surface area contributed by atoms with Gasteiger partial charge in [-0.05, 0) is 31.2 Å². The fourth-order valence-electron chi connectivity index (χ4n) is 3.30. The lowest BCUT2D eigenvalue weighted by atomic mass is 10.1. The second-order valence-corrected chi connectivity index (χ2v) is 9.07. The van der Waals surface area contributed by atoms with Crippen LogP contribution >= 0.6 is 23.1 Å². The molecule has 2 unspecified atom stereocenters. The zero-order valence-corrected chi connectivity index (χ0v) is 19.4. The molecule has 4 rings (SSSR count). The fraction of sp³-hybridized carbons (Fsp3) is 0.286. The zero-order chi connectivity index (χ0) is 23.7. The SMILES string of the molecule is COc1cc(C(C)OC(=O)C2CSC(c3nc4ccc(O)cc4s3)=N2)c([N+](=O)[O-])cc1OC. The lowest BCUT2D eigenvalue weighted by Crippen LogP contribution is -2.23. The minimum Gasteiger partial charge on any atom is -0.508 e. The van der Waals surface area contributed by atoms with Gasteiger partial charge in [0.05, 0.1) is 41.0 Å². The number of thioether (sulfide) groups is 1. The van der Waals surface area contributed by atoms with E-state index in [2.05, 4.69) is 9.98 Å². The van der Waals surface area contributed by atoms with Crippen molar-refractivity contribution in [1.29, 1.82) is 0 Å². The average molecular weight is 490 g/mol. The molecule has 2 aromatic carbocycles. The Morgan fingerprint density at radius 3 is 2.67 bits per heavy atom. The Morgan fingerprint density at radius 1 is 1.24 bits per heavy atom. The molecule has 12 heteroatoms. The molecule has 33 heavy (non-hydrogen) atoms. The first kappa shape index (κ1) is 22.8. The third-order valence-corrected chi connectivity index (χ3v) is 7.15. The van der Waals surface area contributed by atoms with E-state index in [0.29, 0.717) is 21.6 Å². The van der Waals surface area contributed by atoms with Crippen molar-refractivity contribution in [3.63, 3.8) is 0 Å². The molecule has 1 aromatic heterocycles. The van der Waals surface area contributed by atoms with E-state index in [1.165, 1.54) is 49.5 Å². The molecular formula is C21H19N3O7S2. The van der Waals surface area contributed by atoms with Crippen molar-refractivity contribution in [2.45, 2.75) is 19.1 Å². The van der Waals surface area contributed by atoms with E-state index >= 15 is 0 Å². The van der Waals surface area contributed by atoms with Gasteiger partial charge in [-0.1, -0.05) is 0 Å². The molecule has 1 N–H and O–H groups in total. The number of aromatic hydroxyl groups is 1. The number of nitro groups is 1. The number of hydrogen-bond donors (Lipinski definition) is 1. The maximum atomic E-state index is 12.8. The zero-order valence-electron chi connectivity index (χ0n) is 17.8. The molecule has 0 radical (unpaired) electrons. The number of rotatable bonds is 7. The first-order chi connectivity index (χ1) is 15.8. The number of nitro benzene ring substituents is 1. The summed E-state index contributed by atoms with van der Waals surface area (Å²) in [5.41, 5.74) is 0.680. The van der Waals surface area contributed by atoms with Crippen LogP contribution in [0.1, 0.15) is 23.6 Å². The van der Waals surface area contributed by atoms with Crippen molar-refractivity contribution < 1.29 is 29.0 Å². The molecule has 0 saturated heterocycles. The monoisotopic (exact) mass is 489 g/mol. The Morgan fingerprint density at radius 2 is 1.97 bits per heavy atom. The molecule has 0 spiro atoms. The third kappa shape index (κ3) is 4.57. The van der Waals surface area contributed by atoms with Gasteiger partial charge in [-0.3, -0.25) is 15.1 Å². The van der Waals surface area contributed by atoms with Gasteiger partial charge in [0.15, 0.2) is 17.5 Å². The van der Waals surface area contributed by atoms with Crippen LogP contribution in [0.3, 0.4) is 0 Å². The summed E-state index contributed by atoms with van der Waals surface area (Å²) in [7, 11) is 2.80. The minimum atomic E-state index is -0.910. The molecule has 0 aliphatic carbocycles. The van der Waals surface area contributed by atoms with E-state index in [1.807, 2.05) is 0 Å². The van der Waals surface area contributed by atoms with Crippen molar-refractivity contribution in [2.75, 3.05) is 20.0 Å². The molecule has 172 valence electrons. The topological polar surface area (TPSA) is 133 Å². The standard InChI is InChI=1S/C21H19N3O7S2/c1-10(12-7-16(29-2)17(30-3)8-15(12)24(27)28)31-21(26)14-9-32-19(23-14)20-22-13-5-4-11(25)6-18(13)33-20/h4-8,10,14,25H,9H2,1-3H3. The summed E-state index contributed by atoms with van der Waals surface area (Å²) >= 11 is 2.75. The Balaban J connectivity index is 1.53. The number of hydrogen-bond acceptors (Lipinski definition) is 11. The number of phenols is 1. The maximum Gasteiger partial charge on any atom is 0.332 e. The van der Waals surface area contributed by atoms with Crippen molar-refractivity contribution in [3.8, 4) is 17.2 Å². The third-order valence-electron chi connectivity index (χ3n) is 4.94. The summed E-state index contributed by atoms with van der Waals surface area (Å²) in [6.07, 6.45) is -0.910. The summed E-state index contributed by atoms with van der Waals surface area (Å²) in [5.74, 6) is 0.429. The second kappa shape index (κ2) is 9.24. The van der Waals surface area contributed by atoms with Crippen molar-refractivity contribution in [3.05, 3.63) is 51.0 Å². The predicted octanol–water partition coefficient (Wildman–Crippen LogP) is 4.09. The first-order valence-electron chi connectivity index (χ1n) is 9.72. The van der Waals surface area contributed by atoms with Gasteiger partial charge in [0.25, 0.3) is 5.69 Å². The molecule has 1 aliphatic heterocycles. The molecule has 1 aliphatic rings. The summed E-state index contributed by atoms with van der Waals surface area (Å²) in [5, 5.41) is 22.5. The minimum absolute atomic E-state index is 0.151. The molecule has 3 aromatic rings. The number of methoxy groups -OCH3 is 2. The van der Waals surface area contributed by atoms with Crippen LogP contribution in [0, 0.1) is 10.1 Å². The largest absolute Gasteiger partial charge is 0.508 e. The van der Waals surface area contributed by atoms with Crippen LogP contribution in [-0.4, -0.2) is 52.0 Å². The number of carbonyl (C=O) groups is 1. The van der Waals surface area contributed by atoms with Gasteiger partial charge < -0.3 is 19.3 Å². The summed E-state index contributed by atoms with van der Waals surface area (Å²) in [6, 6.07) is 6.82. The summed E-state index contributed by atoms with van der Waals surface area (Å²) in [4.78, 5) is 32.7. The van der Waals surface area contributed by atoms with E-state index in [0.717, 1.165) is 10.2 Å². The Kier molecular flexibility index (Phi) is 6.38. The number of esters is 1. The number of phenolic OH excluding ortho intramolecular Hbond substituents is 1. The van der Waals surface area contributed by atoms with Crippen LogP contribution in [0.4, 0.5) is 5.69 Å². The normalized spacial score (nSPS) is 16.3. The van der Waals surface area contributed by atoms with Crippen molar-refractivity contribution in [1.82, 2.24) is 4.98 Å². The van der Waals surface area contributed by atoms with E-state index in [4.69, 9.17) is 14.2 Å². The van der Waals surface area contributed by atoms with Gasteiger partial charge in [0.1, 0.15) is 21.9 Å². The molecule has 2 heterocycles. The van der Waals surface area contributed by atoms with Gasteiger partial charge in [-0.25, -0.2) is 9.78 Å². The average Bonchev–Trinajstić information content (AvgIpc) is 3.44. The number of benzene rings is 2. The molecule has 0 fully saturated rings. The van der Waals surface area contributed by atoms with Crippen LogP contribution in [0.25, 0.3) is 10.2 Å². The van der Waals surface area contributed by atoms with Crippen molar-refractivity contribution in [2.24, 2.45) is 4.99 Å². The van der Waals surface area contributed by atoms with E-state index in [9.17, 15) is 20.0 Å². The molecule has 0 bridgehead atoms. The number of nitrogens with zero attached hydrogens (tertiary/aromatic N) is 3. The van der Waals surface area contributed by atoms with E-state index in [1.54, 1.807) is 25.1 Å². The van der Waals surface area contributed by atoms with Gasteiger partial charge in [0.2, 0.25) is 0 Å². The Labute approximate surface area is 196 Å². The molecular weight excluding hydrogens is 470 g/mol. The van der Waals surface area contributed by atoms with E-state index < -0.39 is 23.0 Å². The number of thiazole rings is 1. The quantitative estimate of drug-likeness (QED) is 0.296. The predicted molar refractivity (Wildman–Crippen MR) is 125 cm³/mol. The van der Waals surface area contributed by atoms with Crippen LogP contribution in [0.5, 0.6) is 17.2 Å². The highest BCUT2D eigenvalue weighted by Crippen LogP contribution is 2.39. The number of fused-ring (bicyclic) bond motifs is 1. The van der Waals surface area contributed by atoms with Crippen LogP contribution in [0.2, 0.25) is 0 Å². The number of carbonyl (C=O) groups excluding carboxylic acids is 1. The van der Waals surface area contributed by atoms with E-state index in [-0.39, 0.29) is 22.7 Å². The highest BCUT2D eigenvalue weighted by molar-refractivity contribution is 8.15. The molecule has 0 saturated carbocycles. The summed E-state index contributed by atoms with van der Waals surface area (Å²) in [6.45, 7) is 1.55. The highest BCUT2D eigenvalue weighted by Gasteiger charge is 2.32.